The van der Waals surface area contributed by atoms with Gasteiger partial charge in [-0.05, 0) is 18.5 Å². The number of rotatable bonds is 4. The van der Waals surface area contributed by atoms with Gasteiger partial charge >= 0.3 is 0 Å². The van der Waals surface area contributed by atoms with Crippen LogP contribution < -0.4 is 0 Å². The van der Waals surface area contributed by atoms with E-state index in [1.807, 2.05) is 22.8 Å². The summed E-state index contributed by atoms with van der Waals surface area (Å²) in [6.07, 6.45) is 0. The zero-order valence-electron chi connectivity index (χ0n) is 4.73. The molecule has 0 aliphatic heterocycles. The lowest BCUT2D eigenvalue weighted by atomic mass is 11.0. The van der Waals surface area contributed by atoms with Crippen LogP contribution in [0.15, 0.2) is 0 Å². The molecule has 3 heteroatoms. The molecule has 0 amide bonds. The molecule has 0 spiro atoms. The molecule has 0 saturated carbocycles. The van der Waals surface area contributed by atoms with E-state index in [9.17, 15) is 0 Å². The minimum absolute atomic E-state index is 1.07. The standard InChI is InChI=1S/C4H11PS2/c1-3-6-5-7-4-2/h5H,3-4H2,1-2H3. The maximum Gasteiger partial charge on any atom is -0.00221 e. The third-order valence-electron chi connectivity index (χ3n) is 0.407. The molecule has 0 heterocycles. The summed E-state index contributed by atoms with van der Waals surface area (Å²) in [6.45, 7) is 5.47. The van der Waals surface area contributed by atoms with Crippen molar-refractivity contribution in [3.05, 3.63) is 0 Å². The first-order chi connectivity index (χ1) is 3.41. The molecule has 0 nitrogen and oxygen atoms in total. The van der Waals surface area contributed by atoms with Gasteiger partial charge in [0.1, 0.15) is 0 Å². The quantitative estimate of drug-likeness (QED) is 0.451. The molecule has 0 unspecified atom stereocenters. The summed E-state index contributed by atoms with van der Waals surface area (Å²) >= 11 is 4.05. The molecule has 0 aliphatic rings. The highest BCUT2D eigenvalue weighted by atomic mass is 33.1. The zero-order chi connectivity index (χ0) is 5.54. The van der Waals surface area contributed by atoms with E-state index in [0.717, 1.165) is 6.98 Å². The fraction of sp³-hybridized carbons (Fsp3) is 1.00. The smallest absolute Gasteiger partial charge is 0.00221 e. The lowest BCUT2D eigenvalue weighted by Gasteiger charge is -1.91. The summed E-state index contributed by atoms with van der Waals surface area (Å²) in [5.74, 6) is 2.54. The van der Waals surface area contributed by atoms with Crippen LogP contribution in [0.2, 0.25) is 0 Å². The monoisotopic (exact) mass is 154 g/mol. The molecule has 0 saturated heterocycles. The van der Waals surface area contributed by atoms with E-state index in [-0.39, 0.29) is 0 Å². The molecule has 7 heavy (non-hydrogen) atoms. The zero-order valence-corrected chi connectivity index (χ0v) is 7.36. The predicted octanol–water partition coefficient (Wildman–Crippen LogP) is 3.00. The van der Waals surface area contributed by atoms with Gasteiger partial charge in [0.15, 0.2) is 0 Å². The Balaban J connectivity index is 2.45. The Labute approximate surface area is 55.5 Å². The van der Waals surface area contributed by atoms with Crippen LogP contribution in [0.1, 0.15) is 13.8 Å². The fourth-order valence-corrected chi connectivity index (χ4v) is 4.31. The molecule has 0 N–H and O–H groups in total. The van der Waals surface area contributed by atoms with E-state index in [1.165, 1.54) is 11.5 Å². The largest absolute Gasteiger partial charge is 0.127 e. The van der Waals surface area contributed by atoms with Crippen LogP contribution in [0.4, 0.5) is 0 Å². The molecule has 0 bridgehead atoms. The van der Waals surface area contributed by atoms with Crippen LogP contribution in [-0.4, -0.2) is 11.5 Å². The maximum atomic E-state index is 2.20. The van der Waals surface area contributed by atoms with Gasteiger partial charge in [0, 0.05) is 0 Å². The van der Waals surface area contributed by atoms with Crippen LogP contribution in [0, 0.1) is 0 Å². The Hall–Kier alpha value is 1.13. The van der Waals surface area contributed by atoms with Crippen molar-refractivity contribution in [1.29, 1.82) is 0 Å². The molecule has 0 aromatic rings. The summed E-state index contributed by atoms with van der Waals surface area (Å²) < 4.78 is 0. The second-order valence-electron chi connectivity index (χ2n) is 0.949. The van der Waals surface area contributed by atoms with Crippen molar-refractivity contribution < 1.29 is 0 Å². The summed E-state index contributed by atoms with van der Waals surface area (Å²) in [4.78, 5) is 0. The van der Waals surface area contributed by atoms with Gasteiger partial charge in [-0.2, -0.15) is 0 Å². The fourth-order valence-electron chi connectivity index (χ4n) is 0.160. The van der Waals surface area contributed by atoms with Gasteiger partial charge in [-0.25, -0.2) is 0 Å². The Kier molecular flexibility index (Phi) is 8.28. The molecular weight excluding hydrogens is 143 g/mol. The normalized spacial score (nSPS) is 9.43. The van der Waals surface area contributed by atoms with Gasteiger partial charge in [-0.3, -0.25) is 0 Å². The Bertz CT molecular complexity index is 28.9. The Morgan fingerprint density at radius 2 is 1.57 bits per heavy atom. The van der Waals surface area contributed by atoms with E-state index in [1.54, 1.807) is 0 Å². The molecule has 0 aromatic carbocycles. The summed E-state index contributed by atoms with van der Waals surface area (Å²) in [6, 6.07) is 0. The van der Waals surface area contributed by atoms with Crippen molar-refractivity contribution in [3.8, 4) is 0 Å². The average molecular weight is 154 g/mol. The van der Waals surface area contributed by atoms with Gasteiger partial charge in [0.2, 0.25) is 0 Å². The molecule has 0 radical (unpaired) electrons. The molecule has 0 atom stereocenters. The van der Waals surface area contributed by atoms with Gasteiger partial charge in [0.05, 0.1) is 0 Å². The third-order valence-corrected chi connectivity index (χ3v) is 5.78. The summed E-state index contributed by atoms with van der Waals surface area (Å²) in [7, 11) is 0. The number of hydrogen-bond donors (Lipinski definition) is 0. The van der Waals surface area contributed by atoms with E-state index in [2.05, 4.69) is 13.8 Å². The molecular formula is C4H11PS2. The maximum absolute atomic E-state index is 2.20. The second kappa shape index (κ2) is 7.13. The van der Waals surface area contributed by atoms with Gasteiger partial charge < -0.3 is 0 Å². The van der Waals surface area contributed by atoms with Crippen molar-refractivity contribution in [2.75, 3.05) is 11.5 Å². The van der Waals surface area contributed by atoms with E-state index >= 15 is 0 Å². The van der Waals surface area contributed by atoms with Crippen LogP contribution in [0.3, 0.4) is 0 Å². The molecule has 0 fully saturated rings. The Morgan fingerprint density at radius 1 is 1.14 bits per heavy atom. The molecule has 0 aliphatic carbocycles. The van der Waals surface area contributed by atoms with Crippen LogP contribution in [0.25, 0.3) is 0 Å². The minimum Gasteiger partial charge on any atom is -0.127 e. The lowest BCUT2D eigenvalue weighted by Crippen LogP contribution is -1.54. The predicted molar refractivity (Wildman–Crippen MR) is 44.6 cm³/mol. The van der Waals surface area contributed by atoms with Crippen molar-refractivity contribution in [3.63, 3.8) is 0 Å². The van der Waals surface area contributed by atoms with Crippen molar-refractivity contribution >= 4 is 29.7 Å². The van der Waals surface area contributed by atoms with E-state index in [0.29, 0.717) is 0 Å². The molecule has 44 valence electrons. The number of hydrogen-bond acceptors (Lipinski definition) is 2. The lowest BCUT2D eigenvalue weighted by molar-refractivity contribution is 1.54. The molecule has 0 aromatic heterocycles. The topological polar surface area (TPSA) is 0 Å². The van der Waals surface area contributed by atoms with Crippen molar-refractivity contribution in [1.82, 2.24) is 0 Å². The van der Waals surface area contributed by atoms with Crippen molar-refractivity contribution in [2.45, 2.75) is 13.8 Å². The van der Waals surface area contributed by atoms with Crippen LogP contribution in [0.5, 0.6) is 0 Å². The highest BCUT2D eigenvalue weighted by Gasteiger charge is 1.79. The highest BCUT2D eigenvalue weighted by Crippen LogP contribution is 2.41. The highest BCUT2D eigenvalue weighted by molar-refractivity contribution is 8.82. The van der Waals surface area contributed by atoms with Crippen LogP contribution >= 0.6 is 29.7 Å². The van der Waals surface area contributed by atoms with Gasteiger partial charge in [0.25, 0.3) is 0 Å². The third kappa shape index (κ3) is 7.13. The summed E-state index contributed by atoms with van der Waals surface area (Å²) in [5, 5.41) is 0. The van der Waals surface area contributed by atoms with E-state index in [4.69, 9.17) is 0 Å². The SMILES string of the molecule is CCSPSCC. The van der Waals surface area contributed by atoms with Gasteiger partial charge in [-0.1, -0.05) is 13.8 Å². The first-order valence-electron chi connectivity index (χ1n) is 2.40. The molecule has 0 rings (SSSR count). The van der Waals surface area contributed by atoms with Crippen molar-refractivity contribution in [2.24, 2.45) is 0 Å². The second-order valence-corrected chi connectivity index (χ2v) is 6.58. The first kappa shape index (κ1) is 8.13. The Morgan fingerprint density at radius 3 is 1.86 bits per heavy atom. The van der Waals surface area contributed by atoms with Gasteiger partial charge in [-0.15, -0.1) is 22.8 Å². The average Bonchev–Trinajstić information content (AvgIpc) is 1.69. The van der Waals surface area contributed by atoms with Crippen LogP contribution in [-0.2, 0) is 0 Å². The van der Waals surface area contributed by atoms with E-state index < -0.39 is 0 Å². The minimum atomic E-state index is 1.07. The summed E-state index contributed by atoms with van der Waals surface area (Å²) in [5.41, 5.74) is 0. The first-order valence-corrected chi connectivity index (χ1v) is 6.82.